The van der Waals surface area contributed by atoms with Gasteiger partial charge in [-0.3, -0.25) is 0 Å². The van der Waals surface area contributed by atoms with Crippen molar-refractivity contribution in [3.05, 3.63) is 24.8 Å². The maximum Gasteiger partial charge on any atom is -0.0172 e. The standard InChI is InChI=1S/C10H18/c1-3-5-7-9-10-8-6-4-2/h3,7,9H,1,4-6,8,10H2,2H3/b9-7-. The second-order valence-electron chi connectivity index (χ2n) is 2.49. The molecule has 0 aromatic heterocycles. The van der Waals surface area contributed by atoms with E-state index in [-0.39, 0.29) is 0 Å². The highest BCUT2D eigenvalue weighted by Gasteiger charge is 1.79. The molecule has 0 aromatic rings. The Balaban J connectivity index is 2.94. The molecule has 10 heavy (non-hydrogen) atoms. The first kappa shape index (κ1) is 9.48. The minimum atomic E-state index is 1.02. The van der Waals surface area contributed by atoms with Crippen LogP contribution in [0.1, 0.15) is 39.0 Å². The molecule has 0 aliphatic rings. The van der Waals surface area contributed by atoms with E-state index < -0.39 is 0 Å². The molecule has 0 N–H and O–H groups in total. The zero-order valence-corrected chi connectivity index (χ0v) is 6.97. The Bertz CT molecular complexity index is 90.2. The number of hydrogen-bond acceptors (Lipinski definition) is 0. The fraction of sp³-hybridized carbons (Fsp3) is 0.600. The number of rotatable bonds is 6. The molecule has 0 bridgehead atoms. The van der Waals surface area contributed by atoms with Crippen molar-refractivity contribution in [2.45, 2.75) is 39.0 Å². The highest BCUT2D eigenvalue weighted by molar-refractivity contribution is 4.87. The summed E-state index contributed by atoms with van der Waals surface area (Å²) in [7, 11) is 0. The zero-order chi connectivity index (χ0) is 7.66. The summed E-state index contributed by atoms with van der Waals surface area (Å²) in [6.07, 6.45) is 12.6. The van der Waals surface area contributed by atoms with Gasteiger partial charge in [-0.05, 0) is 19.3 Å². The molecule has 0 radical (unpaired) electrons. The smallest absolute Gasteiger partial charge is 0.0172 e. The van der Waals surface area contributed by atoms with Crippen LogP contribution >= 0.6 is 0 Å². The third-order valence-electron chi connectivity index (χ3n) is 1.44. The molecule has 0 rings (SSSR count). The lowest BCUT2D eigenvalue weighted by Gasteiger charge is -1.90. The lowest BCUT2D eigenvalue weighted by atomic mass is 10.2. The minimum absolute atomic E-state index is 1.02. The van der Waals surface area contributed by atoms with Gasteiger partial charge in [-0.2, -0.15) is 0 Å². The van der Waals surface area contributed by atoms with Crippen LogP contribution in [0.4, 0.5) is 0 Å². The van der Waals surface area contributed by atoms with Crippen molar-refractivity contribution in [1.82, 2.24) is 0 Å². The van der Waals surface area contributed by atoms with E-state index in [0.29, 0.717) is 0 Å². The van der Waals surface area contributed by atoms with Gasteiger partial charge in [0.05, 0.1) is 0 Å². The minimum Gasteiger partial charge on any atom is -0.103 e. The first-order chi connectivity index (χ1) is 4.91. The van der Waals surface area contributed by atoms with Gasteiger partial charge in [0.1, 0.15) is 0 Å². The summed E-state index contributed by atoms with van der Waals surface area (Å²) < 4.78 is 0. The molecule has 0 aromatic carbocycles. The third kappa shape index (κ3) is 7.48. The molecule has 0 heterocycles. The van der Waals surface area contributed by atoms with Crippen molar-refractivity contribution in [3.8, 4) is 0 Å². The summed E-state index contributed by atoms with van der Waals surface area (Å²) >= 11 is 0. The predicted octanol–water partition coefficient (Wildman–Crippen LogP) is 3.70. The van der Waals surface area contributed by atoms with Crippen LogP contribution in [-0.4, -0.2) is 0 Å². The quantitative estimate of drug-likeness (QED) is 0.388. The topological polar surface area (TPSA) is 0 Å². The summed E-state index contributed by atoms with van der Waals surface area (Å²) in [5.74, 6) is 0. The predicted molar refractivity (Wildman–Crippen MR) is 48.1 cm³/mol. The molecule has 0 saturated heterocycles. The van der Waals surface area contributed by atoms with Crippen molar-refractivity contribution in [3.63, 3.8) is 0 Å². The van der Waals surface area contributed by atoms with Crippen LogP contribution in [0.15, 0.2) is 24.8 Å². The molecule has 58 valence electrons. The molecule has 0 fully saturated rings. The van der Waals surface area contributed by atoms with Crippen molar-refractivity contribution >= 4 is 0 Å². The molecule has 0 unspecified atom stereocenters. The fourth-order valence-electron chi connectivity index (χ4n) is 0.822. The van der Waals surface area contributed by atoms with Gasteiger partial charge in [-0.25, -0.2) is 0 Å². The van der Waals surface area contributed by atoms with Gasteiger partial charge < -0.3 is 0 Å². The van der Waals surface area contributed by atoms with Crippen molar-refractivity contribution < 1.29 is 0 Å². The SMILES string of the molecule is C=CC/C=C\CCCCC. The summed E-state index contributed by atoms with van der Waals surface area (Å²) in [5, 5.41) is 0. The van der Waals surface area contributed by atoms with Crippen LogP contribution in [0.25, 0.3) is 0 Å². The van der Waals surface area contributed by atoms with E-state index >= 15 is 0 Å². The Morgan fingerprint density at radius 3 is 2.60 bits per heavy atom. The van der Waals surface area contributed by atoms with Gasteiger partial charge in [0, 0.05) is 0 Å². The van der Waals surface area contributed by atoms with Gasteiger partial charge >= 0.3 is 0 Å². The lowest BCUT2D eigenvalue weighted by Crippen LogP contribution is -1.70. The van der Waals surface area contributed by atoms with Crippen LogP contribution in [0, 0.1) is 0 Å². The molecule has 0 heteroatoms. The van der Waals surface area contributed by atoms with Crippen LogP contribution in [0.5, 0.6) is 0 Å². The average molecular weight is 138 g/mol. The van der Waals surface area contributed by atoms with E-state index in [2.05, 4.69) is 25.7 Å². The van der Waals surface area contributed by atoms with Gasteiger partial charge in [0.25, 0.3) is 0 Å². The van der Waals surface area contributed by atoms with E-state index in [1.807, 2.05) is 6.08 Å². The Hall–Kier alpha value is -0.520. The third-order valence-corrected chi connectivity index (χ3v) is 1.44. The first-order valence-electron chi connectivity index (χ1n) is 4.17. The van der Waals surface area contributed by atoms with E-state index in [0.717, 1.165) is 6.42 Å². The first-order valence-corrected chi connectivity index (χ1v) is 4.17. The van der Waals surface area contributed by atoms with Gasteiger partial charge in [-0.1, -0.05) is 38.0 Å². The van der Waals surface area contributed by atoms with E-state index in [4.69, 9.17) is 0 Å². The van der Waals surface area contributed by atoms with Crippen LogP contribution in [0.2, 0.25) is 0 Å². The van der Waals surface area contributed by atoms with Crippen LogP contribution in [0.3, 0.4) is 0 Å². The monoisotopic (exact) mass is 138 g/mol. The van der Waals surface area contributed by atoms with E-state index in [1.165, 1.54) is 25.7 Å². The molecule has 0 aliphatic carbocycles. The maximum atomic E-state index is 3.64. The fourth-order valence-corrected chi connectivity index (χ4v) is 0.822. The van der Waals surface area contributed by atoms with E-state index in [1.54, 1.807) is 0 Å². The summed E-state index contributed by atoms with van der Waals surface area (Å²) in [5.41, 5.74) is 0. The van der Waals surface area contributed by atoms with Crippen molar-refractivity contribution in [2.75, 3.05) is 0 Å². The molecule has 0 atom stereocenters. The Labute approximate surface area is 64.6 Å². The largest absolute Gasteiger partial charge is 0.103 e. The van der Waals surface area contributed by atoms with Crippen molar-refractivity contribution in [1.29, 1.82) is 0 Å². The molecular weight excluding hydrogens is 120 g/mol. The molecule has 0 spiro atoms. The second kappa shape index (κ2) is 8.48. The highest BCUT2D eigenvalue weighted by atomic mass is 13.9. The highest BCUT2D eigenvalue weighted by Crippen LogP contribution is 1.99. The van der Waals surface area contributed by atoms with Crippen LogP contribution in [-0.2, 0) is 0 Å². The number of hydrogen-bond donors (Lipinski definition) is 0. The second-order valence-corrected chi connectivity index (χ2v) is 2.49. The molecular formula is C10H18. The normalized spacial score (nSPS) is 10.5. The average Bonchev–Trinajstić information content (AvgIpc) is 1.97. The van der Waals surface area contributed by atoms with Gasteiger partial charge in [-0.15, -0.1) is 6.58 Å². The summed E-state index contributed by atoms with van der Waals surface area (Å²) in [6.45, 7) is 5.87. The molecule has 0 amide bonds. The van der Waals surface area contributed by atoms with Crippen LogP contribution < -0.4 is 0 Å². The Morgan fingerprint density at radius 2 is 2.00 bits per heavy atom. The Morgan fingerprint density at radius 1 is 1.20 bits per heavy atom. The molecule has 0 nitrogen and oxygen atoms in total. The molecule has 0 aliphatic heterocycles. The Kier molecular flexibility index (Phi) is 8.04. The molecule has 0 saturated carbocycles. The summed E-state index contributed by atoms with van der Waals surface area (Å²) in [6, 6.07) is 0. The van der Waals surface area contributed by atoms with Gasteiger partial charge in [0.2, 0.25) is 0 Å². The number of allylic oxidation sites excluding steroid dienone is 3. The zero-order valence-electron chi connectivity index (χ0n) is 6.97. The van der Waals surface area contributed by atoms with Crippen molar-refractivity contribution in [2.24, 2.45) is 0 Å². The van der Waals surface area contributed by atoms with E-state index in [9.17, 15) is 0 Å². The lowest BCUT2D eigenvalue weighted by molar-refractivity contribution is 0.728. The van der Waals surface area contributed by atoms with Gasteiger partial charge in [0.15, 0.2) is 0 Å². The number of unbranched alkanes of at least 4 members (excludes halogenated alkanes) is 3. The maximum absolute atomic E-state index is 3.64. The summed E-state index contributed by atoms with van der Waals surface area (Å²) in [4.78, 5) is 0.